The predicted octanol–water partition coefficient (Wildman–Crippen LogP) is 16.3. The van der Waals surface area contributed by atoms with Crippen molar-refractivity contribution < 1.29 is 19.4 Å². The molecular weight excluding hydrogens is 729 g/mol. The quantitative estimate of drug-likeness (QED) is 0.0321. The van der Waals surface area contributed by atoms with Crippen molar-refractivity contribution in [2.75, 3.05) is 13.2 Å². The number of hydrogen-bond donors (Lipinski definition) is 3. The molecule has 2 atom stereocenters. The number of nitrogens with two attached hydrogens (primary N) is 1. The van der Waals surface area contributed by atoms with E-state index < -0.39 is 5.97 Å². The fraction of sp³-hybridized carbons (Fsp3) is 0.925. The van der Waals surface area contributed by atoms with E-state index in [1.807, 2.05) is 0 Å². The van der Waals surface area contributed by atoms with E-state index in [1.165, 1.54) is 231 Å². The second-order valence-electron chi connectivity index (χ2n) is 18.5. The summed E-state index contributed by atoms with van der Waals surface area (Å²) < 4.78 is 5.48. The summed E-state index contributed by atoms with van der Waals surface area (Å²) in [6, 6.07) is 0.676. The predicted molar refractivity (Wildman–Crippen MR) is 257 cm³/mol. The van der Waals surface area contributed by atoms with Gasteiger partial charge in [-0.15, -0.1) is 0 Å². The van der Waals surface area contributed by atoms with Crippen LogP contribution in [0.4, 0.5) is 0 Å². The summed E-state index contributed by atoms with van der Waals surface area (Å²) in [6.07, 6.45) is 58.4. The molecule has 6 heteroatoms. The zero-order valence-electron chi connectivity index (χ0n) is 39.9. The highest BCUT2D eigenvalue weighted by atomic mass is 16.5. The number of carboxylic acids is 1. The van der Waals surface area contributed by atoms with Crippen molar-refractivity contribution in [2.24, 2.45) is 5.73 Å². The second kappa shape index (κ2) is 49.3. The Hall–Kier alpha value is -1.40. The van der Waals surface area contributed by atoms with Gasteiger partial charge in [-0.2, -0.15) is 0 Å². The van der Waals surface area contributed by atoms with E-state index in [9.17, 15) is 9.59 Å². The molecule has 0 amide bonds. The van der Waals surface area contributed by atoms with E-state index in [-0.39, 0.29) is 12.0 Å². The van der Waals surface area contributed by atoms with Crippen LogP contribution in [0.5, 0.6) is 0 Å². The number of nitrogens with one attached hydrogen (secondary N) is 1. The van der Waals surface area contributed by atoms with Crippen LogP contribution < -0.4 is 11.1 Å². The first-order valence-electron chi connectivity index (χ1n) is 26.5. The zero-order valence-corrected chi connectivity index (χ0v) is 39.9. The van der Waals surface area contributed by atoms with E-state index in [0.29, 0.717) is 25.5 Å². The molecule has 2 unspecified atom stereocenters. The molecule has 0 rings (SSSR count). The normalized spacial score (nSPS) is 12.7. The van der Waals surface area contributed by atoms with E-state index in [2.05, 4.69) is 31.3 Å². The summed E-state index contributed by atoms with van der Waals surface area (Å²) in [5, 5.41) is 12.5. The van der Waals surface area contributed by atoms with Gasteiger partial charge in [-0.3, -0.25) is 9.59 Å². The molecule has 0 saturated carbocycles. The van der Waals surface area contributed by atoms with Gasteiger partial charge >= 0.3 is 11.9 Å². The summed E-state index contributed by atoms with van der Waals surface area (Å²) >= 11 is 0. The zero-order chi connectivity index (χ0) is 43.0. The van der Waals surface area contributed by atoms with Crippen molar-refractivity contribution in [1.82, 2.24) is 5.32 Å². The van der Waals surface area contributed by atoms with Gasteiger partial charge in [0.15, 0.2) is 0 Å². The topological polar surface area (TPSA) is 102 Å². The van der Waals surface area contributed by atoms with E-state index in [0.717, 1.165) is 38.6 Å². The molecule has 0 aliphatic carbocycles. The lowest BCUT2D eigenvalue weighted by atomic mass is 10.0. The molecule has 0 aliphatic heterocycles. The summed E-state index contributed by atoms with van der Waals surface area (Å²) in [6.45, 7) is 6.16. The average Bonchev–Trinajstić information content (AvgIpc) is 3.22. The largest absolute Gasteiger partial charge is 0.481 e. The number of hydrogen-bond acceptors (Lipinski definition) is 5. The third-order valence-electron chi connectivity index (χ3n) is 12.4. The lowest BCUT2D eigenvalue weighted by molar-refractivity contribution is -0.144. The van der Waals surface area contributed by atoms with Gasteiger partial charge in [0.05, 0.1) is 6.61 Å². The number of unbranched alkanes of at least 4 members (excludes halogenated alkanes) is 36. The van der Waals surface area contributed by atoms with Crippen LogP contribution in [0.1, 0.15) is 290 Å². The van der Waals surface area contributed by atoms with Gasteiger partial charge in [-0.05, 0) is 71.3 Å². The first-order valence-corrected chi connectivity index (χ1v) is 26.5. The van der Waals surface area contributed by atoms with Crippen LogP contribution in [0.3, 0.4) is 0 Å². The Labute approximate surface area is 368 Å². The Morgan fingerprint density at radius 1 is 0.492 bits per heavy atom. The highest BCUT2D eigenvalue weighted by Gasteiger charge is 2.12. The third kappa shape index (κ3) is 49.1. The number of carbonyl (C=O) groups excluding carboxylic acids is 1. The lowest BCUT2D eigenvalue weighted by Gasteiger charge is -2.22. The molecule has 6 nitrogen and oxygen atoms in total. The number of carbonyl (C=O) groups is 2. The Bertz CT molecular complexity index is 878. The Kier molecular flexibility index (Phi) is 48.1. The monoisotopic (exact) mass is 833 g/mol. The van der Waals surface area contributed by atoms with Gasteiger partial charge in [0, 0.05) is 24.9 Å². The number of rotatable bonds is 50. The van der Waals surface area contributed by atoms with Crippen molar-refractivity contribution in [3.63, 3.8) is 0 Å². The second-order valence-corrected chi connectivity index (χ2v) is 18.5. The van der Waals surface area contributed by atoms with E-state index in [4.69, 9.17) is 15.6 Å². The van der Waals surface area contributed by atoms with Crippen LogP contribution in [0.25, 0.3) is 0 Å². The minimum Gasteiger partial charge on any atom is -0.481 e. The number of esters is 1. The highest BCUT2D eigenvalue weighted by molar-refractivity contribution is 5.69. The first kappa shape index (κ1) is 57.6. The van der Waals surface area contributed by atoms with Gasteiger partial charge in [-0.25, -0.2) is 0 Å². The van der Waals surface area contributed by atoms with Gasteiger partial charge in [0.1, 0.15) is 0 Å². The molecule has 0 saturated heterocycles. The van der Waals surface area contributed by atoms with Crippen LogP contribution in [-0.4, -0.2) is 42.3 Å². The Balaban J connectivity index is 3.37. The molecule has 350 valence electrons. The first-order chi connectivity index (χ1) is 29.0. The molecule has 0 aromatic rings. The average molecular weight is 833 g/mol. The number of aliphatic carboxylic acids is 1. The van der Waals surface area contributed by atoms with Crippen molar-refractivity contribution >= 4 is 11.9 Å². The van der Waals surface area contributed by atoms with Crippen LogP contribution in [-0.2, 0) is 14.3 Å². The molecule has 0 radical (unpaired) electrons. The molecule has 59 heavy (non-hydrogen) atoms. The fourth-order valence-electron chi connectivity index (χ4n) is 8.37. The maximum absolute atomic E-state index is 12.1. The molecule has 0 fully saturated rings. The van der Waals surface area contributed by atoms with Crippen molar-refractivity contribution in [2.45, 2.75) is 302 Å². The molecule has 0 aromatic carbocycles. The van der Waals surface area contributed by atoms with Crippen LogP contribution in [0.15, 0.2) is 12.2 Å². The number of allylic oxidation sites excluding steroid dienone is 2. The molecular formula is C53H104N2O4. The van der Waals surface area contributed by atoms with Gasteiger partial charge in [-0.1, -0.05) is 225 Å². The standard InChI is InChI=1S/C53H104N2O4/c1-3-4-5-6-7-8-9-10-11-12-19-24-29-34-39-44-49-59-53(58)47-42-37-32-27-22-17-14-18-23-28-33-38-43-48-55-51(50(2)54)45-40-35-30-25-20-15-13-16-21-26-31-36-41-46-52(56)57/h10-11,50-51,55H,3-9,12-49,54H2,1-2H3,(H,56,57). The number of ether oxygens (including phenoxy) is 1. The fourth-order valence-corrected chi connectivity index (χ4v) is 8.37. The molecule has 0 aromatic heterocycles. The molecule has 4 N–H and O–H groups in total. The highest BCUT2D eigenvalue weighted by Crippen LogP contribution is 2.16. The van der Waals surface area contributed by atoms with Gasteiger partial charge < -0.3 is 20.9 Å². The van der Waals surface area contributed by atoms with Gasteiger partial charge in [0.2, 0.25) is 0 Å². The minimum atomic E-state index is -0.661. The summed E-state index contributed by atoms with van der Waals surface area (Å²) in [4.78, 5) is 22.6. The van der Waals surface area contributed by atoms with Crippen LogP contribution >= 0.6 is 0 Å². The summed E-state index contributed by atoms with van der Waals surface area (Å²) in [5.41, 5.74) is 6.32. The van der Waals surface area contributed by atoms with Crippen LogP contribution in [0, 0.1) is 0 Å². The smallest absolute Gasteiger partial charge is 0.305 e. The van der Waals surface area contributed by atoms with Crippen molar-refractivity contribution in [1.29, 1.82) is 0 Å². The third-order valence-corrected chi connectivity index (χ3v) is 12.4. The lowest BCUT2D eigenvalue weighted by Crippen LogP contribution is -2.43. The molecule has 0 heterocycles. The van der Waals surface area contributed by atoms with Crippen molar-refractivity contribution in [3.8, 4) is 0 Å². The Morgan fingerprint density at radius 2 is 0.847 bits per heavy atom. The molecule has 0 bridgehead atoms. The minimum absolute atomic E-state index is 0.00977. The molecule has 0 spiro atoms. The summed E-state index contributed by atoms with van der Waals surface area (Å²) in [5.74, 6) is -0.652. The maximum Gasteiger partial charge on any atom is 0.305 e. The van der Waals surface area contributed by atoms with Crippen molar-refractivity contribution in [3.05, 3.63) is 12.2 Å². The van der Waals surface area contributed by atoms with E-state index in [1.54, 1.807) is 0 Å². The van der Waals surface area contributed by atoms with E-state index >= 15 is 0 Å². The molecule has 0 aliphatic rings. The Morgan fingerprint density at radius 3 is 1.27 bits per heavy atom. The summed E-state index contributed by atoms with van der Waals surface area (Å²) in [7, 11) is 0. The SMILES string of the molecule is CCCCCCCCC=CCCCCCCCCOC(=O)CCCCCCCCCCCCCCCNC(CCCCCCCCCCCCCCCC(=O)O)C(C)N. The van der Waals surface area contributed by atoms with Crippen LogP contribution in [0.2, 0.25) is 0 Å². The number of carboxylic acid groups (broad SMARTS) is 1. The maximum atomic E-state index is 12.1. The van der Waals surface area contributed by atoms with Gasteiger partial charge in [0.25, 0.3) is 0 Å².